The van der Waals surface area contributed by atoms with Crippen molar-refractivity contribution in [1.82, 2.24) is 10.2 Å². The van der Waals surface area contributed by atoms with Gasteiger partial charge in [-0.1, -0.05) is 0 Å². The van der Waals surface area contributed by atoms with Crippen LogP contribution in [0.2, 0.25) is 0 Å². The Hall–Kier alpha value is -0.660. The Morgan fingerprint density at radius 1 is 1.42 bits per heavy atom. The lowest BCUT2D eigenvalue weighted by atomic mass is 10.2. The van der Waals surface area contributed by atoms with Gasteiger partial charge in [-0.15, -0.1) is 0 Å². The molecule has 2 aliphatic rings. The van der Waals surface area contributed by atoms with Crippen LogP contribution in [0.15, 0.2) is 0 Å². The molecule has 0 radical (unpaired) electrons. The zero-order valence-electron chi connectivity index (χ0n) is 11.3. The van der Waals surface area contributed by atoms with E-state index in [1.54, 1.807) is 11.9 Å². The van der Waals surface area contributed by atoms with E-state index in [0.29, 0.717) is 13.0 Å². The highest BCUT2D eigenvalue weighted by atomic mass is 32.2. The summed E-state index contributed by atoms with van der Waals surface area (Å²) in [5.74, 6) is 0.236. The van der Waals surface area contributed by atoms with Crippen LogP contribution in [-0.2, 0) is 19.4 Å². The zero-order valence-corrected chi connectivity index (χ0v) is 12.1. The first-order valence-corrected chi connectivity index (χ1v) is 8.58. The van der Waals surface area contributed by atoms with Crippen molar-refractivity contribution in [2.45, 2.75) is 31.4 Å². The minimum absolute atomic E-state index is 0.0555. The van der Waals surface area contributed by atoms with Crippen molar-refractivity contribution in [3.05, 3.63) is 0 Å². The average Bonchev–Trinajstić information content (AvgIpc) is 2.97. The maximum Gasteiger partial charge on any atom is 0.236 e. The molecule has 0 aromatic rings. The van der Waals surface area contributed by atoms with Crippen molar-refractivity contribution in [3.8, 4) is 0 Å². The lowest BCUT2D eigenvalue weighted by Crippen LogP contribution is -2.43. The summed E-state index contributed by atoms with van der Waals surface area (Å²) >= 11 is 0. The fraction of sp³-hybridized carbons (Fsp3) is 0.917. The van der Waals surface area contributed by atoms with Gasteiger partial charge in [0.2, 0.25) is 5.91 Å². The number of carbonyl (C=O) groups excluding carboxylic acids is 1. The molecule has 1 amide bonds. The molecule has 6 nitrogen and oxygen atoms in total. The Balaban J connectivity index is 1.70. The molecule has 2 fully saturated rings. The van der Waals surface area contributed by atoms with E-state index >= 15 is 0 Å². The minimum atomic E-state index is -2.94. The van der Waals surface area contributed by atoms with E-state index in [0.717, 1.165) is 19.4 Å². The number of carbonyl (C=O) groups is 1. The summed E-state index contributed by atoms with van der Waals surface area (Å²) in [7, 11) is -1.26. The number of nitrogens with zero attached hydrogens (tertiary/aromatic N) is 1. The fourth-order valence-corrected chi connectivity index (χ4v) is 4.33. The van der Waals surface area contributed by atoms with Gasteiger partial charge in [0.05, 0.1) is 24.2 Å². The number of hydrogen-bond acceptors (Lipinski definition) is 5. The van der Waals surface area contributed by atoms with Gasteiger partial charge in [0.15, 0.2) is 9.84 Å². The van der Waals surface area contributed by atoms with Crippen LogP contribution in [0.4, 0.5) is 0 Å². The van der Waals surface area contributed by atoms with Crippen LogP contribution in [0.25, 0.3) is 0 Å². The van der Waals surface area contributed by atoms with E-state index in [1.165, 1.54) is 0 Å². The summed E-state index contributed by atoms with van der Waals surface area (Å²) in [5, 5.41) is 3.09. The van der Waals surface area contributed by atoms with Gasteiger partial charge in [-0.2, -0.15) is 0 Å². The summed E-state index contributed by atoms with van der Waals surface area (Å²) in [4.78, 5) is 13.5. The number of nitrogens with one attached hydrogen (secondary N) is 1. The Morgan fingerprint density at radius 3 is 2.79 bits per heavy atom. The summed E-state index contributed by atoms with van der Waals surface area (Å²) in [6, 6.07) is -0.165. The smallest absolute Gasteiger partial charge is 0.236 e. The first-order valence-electron chi connectivity index (χ1n) is 6.76. The van der Waals surface area contributed by atoms with Crippen LogP contribution in [0.5, 0.6) is 0 Å². The number of likely N-dealkylation sites (N-methyl/N-ethyl adjacent to an activating group) is 1. The summed E-state index contributed by atoms with van der Waals surface area (Å²) in [6.45, 7) is 1.73. The summed E-state index contributed by atoms with van der Waals surface area (Å²) in [5.41, 5.74) is 0. The van der Waals surface area contributed by atoms with E-state index in [4.69, 9.17) is 4.74 Å². The van der Waals surface area contributed by atoms with Crippen LogP contribution in [0.1, 0.15) is 19.3 Å². The van der Waals surface area contributed by atoms with E-state index < -0.39 is 9.84 Å². The van der Waals surface area contributed by atoms with Gasteiger partial charge >= 0.3 is 0 Å². The topological polar surface area (TPSA) is 75.7 Å². The van der Waals surface area contributed by atoms with Crippen LogP contribution in [-0.4, -0.2) is 69.6 Å². The third-order valence-electron chi connectivity index (χ3n) is 3.82. The maximum absolute atomic E-state index is 11.9. The van der Waals surface area contributed by atoms with Gasteiger partial charge in [0.25, 0.3) is 0 Å². The molecule has 2 heterocycles. The van der Waals surface area contributed by atoms with Gasteiger partial charge in [-0.25, -0.2) is 8.42 Å². The molecule has 2 rings (SSSR count). The molecule has 19 heavy (non-hydrogen) atoms. The highest BCUT2D eigenvalue weighted by Crippen LogP contribution is 2.16. The van der Waals surface area contributed by atoms with Crippen molar-refractivity contribution in [1.29, 1.82) is 0 Å². The van der Waals surface area contributed by atoms with Crippen molar-refractivity contribution in [2.75, 3.05) is 38.2 Å². The molecule has 2 saturated heterocycles. The second kappa shape index (κ2) is 6.19. The maximum atomic E-state index is 11.9. The standard InChI is InChI=1S/C12H22N2O4S/c1-14(10-4-6-19(16,17)9-10)12(15)8-13-7-11-3-2-5-18-11/h10-11,13H,2-9H2,1H3. The third-order valence-corrected chi connectivity index (χ3v) is 5.57. The number of ether oxygens (including phenoxy) is 1. The van der Waals surface area contributed by atoms with Gasteiger partial charge in [-0.3, -0.25) is 4.79 Å². The zero-order chi connectivity index (χ0) is 13.9. The second-order valence-corrected chi connectivity index (χ2v) is 7.56. The van der Waals surface area contributed by atoms with Crippen LogP contribution in [0, 0.1) is 0 Å². The van der Waals surface area contributed by atoms with E-state index in [9.17, 15) is 13.2 Å². The Morgan fingerprint density at radius 2 is 2.21 bits per heavy atom. The van der Waals surface area contributed by atoms with Gasteiger partial charge in [0.1, 0.15) is 0 Å². The number of amides is 1. The normalized spacial score (nSPS) is 29.5. The molecule has 0 spiro atoms. The average molecular weight is 290 g/mol. The Bertz CT molecular complexity index is 417. The highest BCUT2D eigenvalue weighted by molar-refractivity contribution is 7.91. The van der Waals surface area contributed by atoms with Crippen LogP contribution in [0.3, 0.4) is 0 Å². The predicted octanol–water partition coefficient (Wildman–Crippen LogP) is -0.599. The number of sulfone groups is 1. The van der Waals surface area contributed by atoms with Gasteiger partial charge < -0.3 is 15.0 Å². The largest absolute Gasteiger partial charge is 0.377 e. The molecule has 0 aromatic carbocycles. The predicted molar refractivity (Wildman–Crippen MR) is 71.7 cm³/mol. The first kappa shape index (κ1) is 14.7. The van der Waals surface area contributed by atoms with Crippen molar-refractivity contribution >= 4 is 15.7 Å². The van der Waals surface area contributed by atoms with Gasteiger partial charge in [-0.05, 0) is 19.3 Å². The SMILES string of the molecule is CN(C(=O)CNCC1CCCO1)C1CCS(=O)(=O)C1. The number of hydrogen-bond donors (Lipinski definition) is 1. The van der Waals surface area contributed by atoms with E-state index in [-0.39, 0.29) is 36.1 Å². The highest BCUT2D eigenvalue weighted by Gasteiger charge is 2.32. The lowest BCUT2D eigenvalue weighted by molar-refractivity contribution is -0.130. The molecule has 0 bridgehead atoms. The minimum Gasteiger partial charge on any atom is -0.377 e. The van der Waals surface area contributed by atoms with Crippen molar-refractivity contribution in [2.24, 2.45) is 0 Å². The Kier molecular flexibility index (Phi) is 4.81. The molecule has 0 aliphatic carbocycles. The number of rotatable bonds is 5. The quantitative estimate of drug-likeness (QED) is 0.732. The first-order chi connectivity index (χ1) is 8.98. The third kappa shape index (κ3) is 4.15. The van der Waals surface area contributed by atoms with Gasteiger partial charge in [0, 0.05) is 26.2 Å². The molecule has 2 aliphatic heterocycles. The van der Waals surface area contributed by atoms with Crippen LogP contribution < -0.4 is 5.32 Å². The molecule has 0 saturated carbocycles. The molecular formula is C12H22N2O4S. The van der Waals surface area contributed by atoms with Crippen molar-refractivity contribution in [3.63, 3.8) is 0 Å². The lowest BCUT2D eigenvalue weighted by Gasteiger charge is -2.23. The fourth-order valence-electron chi connectivity index (χ4n) is 2.55. The monoisotopic (exact) mass is 290 g/mol. The van der Waals surface area contributed by atoms with Crippen LogP contribution >= 0.6 is 0 Å². The Labute approximate surface area is 114 Å². The second-order valence-electron chi connectivity index (χ2n) is 5.33. The summed E-state index contributed by atoms with van der Waals surface area (Å²) in [6.07, 6.45) is 2.89. The molecular weight excluding hydrogens is 268 g/mol. The van der Waals surface area contributed by atoms with E-state index in [1.807, 2.05) is 0 Å². The molecule has 0 aromatic heterocycles. The van der Waals surface area contributed by atoms with E-state index in [2.05, 4.69) is 5.32 Å². The molecule has 7 heteroatoms. The van der Waals surface area contributed by atoms with Crippen molar-refractivity contribution < 1.29 is 17.9 Å². The molecule has 2 unspecified atom stereocenters. The molecule has 110 valence electrons. The molecule has 2 atom stereocenters. The molecule has 1 N–H and O–H groups in total. The summed E-state index contributed by atoms with van der Waals surface area (Å²) < 4.78 is 28.2.